The molecule has 0 aliphatic heterocycles. The third-order valence-corrected chi connectivity index (χ3v) is 6.10. The Balaban J connectivity index is 1.70. The number of hydrogen-bond donors (Lipinski definition) is 0. The highest BCUT2D eigenvalue weighted by molar-refractivity contribution is 7.22. The molecule has 1 aromatic heterocycles. The molecule has 0 bridgehead atoms. The predicted molar refractivity (Wildman–Crippen MR) is 139 cm³/mol. The van der Waals surface area contributed by atoms with E-state index < -0.39 is 0 Å². The highest BCUT2D eigenvalue weighted by atomic mass is 32.1. The van der Waals surface area contributed by atoms with E-state index in [1.807, 2.05) is 80.5 Å². The summed E-state index contributed by atoms with van der Waals surface area (Å²) in [6, 6.07) is 20.6. The lowest BCUT2D eigenvalue weighted by Gasteiger charge is -2.16. The number of thiazole rings is 1. The van der Waals surface area contributed by atoms with Crippen molar-refractivity contribution in [1.29, 1.82) is 0 Å². The van der Waals surface area contributed by atoms with Gasteiger partial charge in [0.2, 0.25) is 5.13 Å². The van der Waals surface area contributed by atoms with Gasteiger partial charge in [-0.15, -0.1) is 0 Å². The maximum Gasteiger partial charge on any atom is 0.280 e. The van der Waals surface area contributed by atoms with Gasteiger partial charge in [-0.2, -0.15) is 10.1 Å². The number of rotatable bonds is 8. The van der Waals surface area contributed by atoms with Gasteiger partial charge in [0.15, 0.2) is 0 Å². The van der Waals surface area contributed by atoms with E-state index in [1.54, 1.807) is 25.5 Å². The molecule has 0 fully saturated rings. The van der Waals surface area contributed by atoms with Crippen LogP contribution in [-0.2, 0) is 0 Å². The topological polar surface area (TPSA) is 67.3 Å². The Kier molecular flexibility index (Phi) is 7.08. The number of benzene rings is 3. The number of ether oxygens (including phenoxy) is 2. The summed E-state index contributed by atoms with van der Waals surface area (Å²) in [5.41, 5.74) is 3.14. The summed E-state index contributed by atoms with van der Waals surface area (Å²) in [6.45, 7) is 2.54. The number of aromatic nitrogens is 1. The van der Waals surface area contributed by atoms with Crippen LogP contribution in [0.1, 0.15) is 22.8 Å². The number of carbonyl (C=O) groups is 1. The average molecular weight is 475 g/mol. The normalized spacial score (nSPS) is 11.1. The summed E-state index contributed by atoms with van der Waals surface area (Å²) >= 11 is 1.38. The Morgan fingerprint density at radius 3 is 2.38 bits per heavy atom. The number of hydrogen-bond acceptors (Lipinski definition) is 7. The third-order valence-electron chi connectivity index (χ3n) is 5.10. The van der Waals surface area contributed by atoms with Crippen molar-refractivity contribution >= 4 is 44.5 Å². The molecular formula is C26H26N4O3S. The first-order valence-corrected chi connectivity index (χ1v) is 11.6. The lowest BCUT2D eigenvalue weighted by atomic mass is 10.2. The van der Waals surface area contributed by atoms with Gasteiger partial charge >= 0.3 is 0 Å². The molecule has 1 heterocycles. The monoisotopic (exact) mass is 474 g/mol. The summed E-state index contributed by atoms with van der Waals surface area (Å²) in [7, 11) is 5.54. The number of hydrazone groups is 1. The second kappa shape index (κ2) is 10.4. The molecule has 1 amide bonds. The molecule has 0 aliphatic carbocycles. The maximum atomic E-state index is 13.5. The molecular weight excluding hydrogens is 448 g/mol. The molecule has 0 saturated carbocycles. The largest absolute Gasteiger partial charge is 0.497 e. The molecule has 34 heavy (non-hydrogen) atoms. The molecule has 174 valence electrons. The average Bonchev–Trinajstić information content (AvgIpc) is 3.28. The van der Waals surface area contributed by atoms with E-state index in [1.165, 1.54) is 16.3 Å². The zero-order chi connectivity index (χ0) is 24.1. The maximum absolute atomic E-state index is 13.5. The summed E-state index contributed by atoms with van der Waals surface area (Å²) in [6.07, 6.45) is 1.65. The number of fused-ring (bicyclic) bond motifs is 1. The number of nitrogens with zero attached hydrogens (tertiary/aromatic N) is 4. The number of carbonyl (C=O) groups excluding carboxylic acids is 1. The highest BCUT2D eigenvalue weighted by Crippen LogP contribution is 2.32. The van der Waals surface area contributed by atoms with Gasteiger partial charge in [0, 0.05) is 25.3 Å². The van der Waals surface area contributed by atoms with Gasteiger partial charge in [0.25, 0.3) is 5.91 Å². The van der Waals surface area contributed by atoms with Crippen LogP contribution in [0.15, 0.2) is 71.8 Å². The van der Waals surface area contributed by atoms with Crippen LogP contribution in [0, 0.1) is 0 Å². The SMILES string of the molecule is CCOc1ccc(/C=N/N(C(=O)c2ccc(N(C)C)cc2)c2nc3ccc(OC)cc3s2)cc1. The molecule has 7 nitrogen and oxygen atoms in total. The second-order valence-corrected chi connectivity index (χ2v) is 8.64. The second-order valence-electron chi connectivity index (χ2n) is 7.63. The minimum atomic E-state index is -0.265. The number of amides is 1. The molecule has 0 atom stereocenters. The van der Waals surface area contributed by atoms with Crippen molar-refractivity contribution in [2.75, 3.05) is 37.7 Å². The van der Waals surface area contributed by atoms with E-state index in [4.69, 9.17) is 9.47 Å². The van der Waals surface area contributed by atoms with Crippen molar-refractivity contribution in [3.05, 3.63) is 77.9 Å². The standard InChI is InChI=1S/C26H26N4O3S/c1-5-33-21-12-6-18(7-13-21)17-27-30(25(31)19-8-10-20(11-9-19)29(2)3)26-28-23-15-14-22(32-4)16-24(23)34-26/h6-17H,5H2,1-4H3/b27-17+. The van der Waals surface area contributed by atoms with Crippen LogP contribution in [0.5, 0.6) is 11.5 Å². The molecule has 4 aromatic rings. The van der Waals surface area contributed by atoms with Crippen LogP contribution >= 0.6 is 11.3 Å². The van der Waals surface area contributed by atoms with E-state index in [9.17, 15) is 4.79 Å². The molecule has 0 N–H and O–H groups in total. The summed E-state index contributed by atoms with van der Waals surface area (Å²) < 4.78 is 11.7. The molecule has 8 heteroatoms. The molecule has 0 spiro atoms. The molecule has 0 saturated heterocycles. The quantitative estimate of drug-likeness (QED) is 0.251. The van der Waals surface area contributed by atoms with Gasteiger partial charge in [-0.1, -0.05) is 11.3 Å². The van der Waals surface area contributed by atoms with Crippen LogP contribution < -0.4 is 19.4 Å². The fourth-order valence-corrected chi connectivity index (χ4v) is 4.22. The number of methoxy groups -OCH3 is 1. The van der Waals surface area contributed by atoms with Crippen molar-refractivity contribution in [2.45, 2.75) is 6.92 Å². The summed E-state index contributed by atoms with van der Waals surface area (Å²) in [4.78, 5) is 20.1. The van der Waals surface area contributed by atoms with Crippen LogP contribution in [0.4, 0.5) is 10.8 Å². The third kappa shape index (κ3) is 5.18. The van der Waals surface area contributed by atoms with E-state index in [-0.39, 0.29) is 5.91 Å². The van der Waals surface area contributed by atoms with E-state index >= 15 is 0 Å². The van der Waals surface area contributed by atoms with Crippen molar-refractivity contribution in [3.8, 4) is 11.5 Å². The fraction of sp³-hybridized carbons (Fsp3) is 0.192. The minimum absolute atomic E-state index is 0.265. The molecule has 0 unspecified atom stereocenters. The van der Waals surface area contributed by atoms with Gasteiger partial charge in [-0.25, -0.2) is 4.98 Å². The van der Waals surface area contributed by atoms with Gasteiger partial charge in [0.1, 0.15) is 11.5 Å². The van der Waals surface area contributed by atoms with Crippen LogP contribution in [0.25, 0.3) is 10.2 Å². The van der Waals surface area contributed by atoms with Crippen LogP contribution in [-0.4, -0.2) is 44.9 Å². The zero-order valence-electron chi connectivity index (χ0n) is 19.6. The summed E-state index contributed by atoms with van der Waals surface area (Å²) in [5, 5.41) is 6.36. The zero-order valence-corrected chi connectivity index (χ0v) is 20.4. The van der Waals surface area contributed by atoms with Crippen molar-refractivity contribution in [3.63, 3.8) is 0 Å². The van der Waals surface area contributed by atoms with Crippen molar-refractivity contribution in [2.24, 2.45) is 5.10 Å². The van der Waals surface area contributed by atoms with Gasteiger partial charge in [-0.05, 0) is 79.2 Å². The van der Waals surface area contributed by atoms with Crippen molar-refractivity contribution in [1.82, 2.24) is 4.98 Å². The molecule has 3 aromatic carbocycles. The molecule has 0 radical (unpaired) electrons. The first-order chi connectivity index (χ1) is 16.5. The van der Waals surface area contributed by atoms with E-state index in [0.717, 1.165) is 33.0 Å². The Labute approximate surface area is 202 Å². The summed E-state index contributed by atoms with van der Waals surface area (Å²) in [5.74, 6) is 1.25. The predicted octanol–water partition coefficient (Wildman–Crippen LogP) is 5.45. The Morgan fingerprint density at radius 2 is 1.74 bits per heavy atom. The molecule has 4 rings (SSSR count). The van der Waals surface area contributed by atoms with E-state index in [0.29, 0.717) is 17.3 Å². The first kappa shape index (κ1) is 23.3. The Bertz CT molecular complexity index is 1300. The van der Waals surface area contributed by atoms with Crippen LogP contribution in [0.2, 0.25) is 0 Å². The Morgan fingerprint density at radius 1 is 1.03 bits per heavy atom. The van der Waals surface area contributed by atoms with Gasteiger partial charge < -0.3 is 14.4 Å². The smallest absolute Gasteiger partial charge is 0.280 e. The lowest BCUT2D eigenvalue weighted by molar-refractivity contribution is 0.0988. The highest BCUT2D eigenvalue weighted by Gasteiger charge is 2.21. The molecule has 0 aliphatic rings. The minimum Gasteiger partial charge on any atom is -0.497 e. The Hall–Kier alpha value is -3.91. The lowest BCUT2D eigenvalue weighted by Crippen LogP contribution is -2.25. The van der Waals surface area contributed by atoms with Crippen molar-refractivity contribution < 1.29 is 14.3 Å². The van der Waals surface area contributed by atoms with Crippen LogP contribution in [0.3, 0.4) is 0 Å². The number of anilines is 2. The fourth-order valence-electron chi connectivity index (χ4n) is 3.26. The van der Waals surface area contributed by atoms with E-state index in [2.05, 4.69) is 10.1 Å². The van der Waals surface area contributed by atoms with Gasteiger partial charge in [0.05, 0.1) is 30.1 Å². The first-order valence-electron chi connectivity index (χ1n) is 10.8. The van der Waals surface area contributed by atoms with Gasteiger partial charge in [-0.3, -0.25) is 4.79 Å².